The van der Waals surface area contributed by atoms with Gasteiger partial charge in [0.15, 0.2) is 0 Å². The average molecular weight is 326 g/mol. The zero-order chi connectivity index (χ0) is 15.1. The molecule has 124 valence electrons. The van der Waals surface area contributed by atoms with Crippen LogP contribution < -0.4 is 10.6 Å². The van der Waals surface area contributed by atoms with Crippen LogP contribution in [0.1, 0.15) is 35.2 Å². The molecule has 5 heteroatoms. The van der Waals surface area contributed by atoms with Gasteiger partial charge in [0.1, 0.15) is 0 Å². The van der Waals surface area contributed by atoms with E-state index in [0.717, 1.165) is 24.6 Å². The molecule has 22 heavy (non-hydrogen) atoms. The molecule has 2 rings (SSSR count). The standard InChI is InChI=1S/C17H27N3O.ClH/c1-18-10-7-14-8-11-20(12-9-14)13-15-3-5-16(6-4-15)17(21)19-2;/h3-6,14,18H,7-13H2,1-2H3,(H,19,21);1H. The first-order valence-electron chi connectivity index (χ1n) is 7.91. The van der Waals surface area contributed by atoms with Crippen molar-refractivity contribution >= 4 is 18.3 Å². The Labute approximate surface area is 140 Å². The molecule has 1 heterocycles. The quantitative estimate of drug-likeness (QED) is 0.843. The number of benzene rings is 1. The van der Waals surface area contributed by atoms with Gasteiger partial charge >= 0.3 is 0 Å². The monoisotopic (exact) mass is 325 g/mol. The number of hydrogen-bond donors (Lipinski definition) is 2. The number of nitrogens with zero attached hydrogens (tertiary/aromatic N) is 1. The molecule has 1 fully saturated rings. The lowest BCUT2D eigenvalue weighted by Gasteiger charge is -2.32. The molecular formula is C17H28ClN3O. The lowest BCUT2D eigenvalue weighted by atomic mass is 9.93. The molecular weight excluding hydrogens is 298 g/mol. The van der Waals surface area contributed by atoms with Crippen molar-refractivity contribution in [2.24, 2.45) is 5.92 Å². The second-order valence-corrected chi connectivity index (χ2v) is 5.89. The Kier molecular flexibility index (Phi) is 8.46. The molecule has 0 spiro atoms. The van der Waals surface area contributed by atoms with Gasteiger partial charge < -0.3 is 10.6 Å². The van der Waals surface area contributed by atoms with Crippen LogP contribution in [-0.2, 0) is 6.54 Å². The largest absolute Gasteiger partial charge is 0.355 e. The Morgan fingerprint density at radius 1 is 1.18 bits per heavy atom. The van der Waals surface area contributed by atoms with Crippen molar-refractivity contribution in [3.05, 3.63) is 35.4 Å². The van der Waals surface area contributed by atoms with Gasteiger partial charge in [-0.05, 0) is 69.6 Å². The van der Waals surface area contributed by atoms with Gasteiger partial charge in [0.2, 0.25) is 0 Å². The number of carbonyl (C=O) groups excluding carboxylic acids is 1. The Morgan fingerprint density at radius 3 is 2.36 bits per heavy atom. The average Bonchev–Trinajstić information content (AvgIpc) is 2.54. The summed E-state index contributed by atoms with van der Waals surface area (Å²) < 4.78 is 0. The molecule has 0 saturated carbocycles. The van der Waals surface area contributed by atoms with E-state index in [9.17, 15) is 4.79 Å². The Morgan fingerprint density at radius 2 is 1.82 bits per heavy atom. The predicted octanol–water partition coefficient (Wildman–Crippen LogP) is 2.29. The normalized spacial score (nSPS) is 16.1. The van der Waals surface area contributed by atoms with Gasteiger partial charge in [0, 0.05) is 19.2 Å². The summed E-state index contributed by atoms with van der Waals surface area (Å²) in [5.41, 5.74) is 2.02. The number of amides is 1. The Hall–Kier alpha value is -1.10. The molecule has 2 N–H and O–H groups in total. The van der Waals surface area contributed by atoms with Gasteiger partial charge in [0.25, 0.3) is 5.91 Å². The highest BCUT2D eigenvalue weighted by molar-refractivity contribution is 5.93. The second kappa shape index (κ2) is 9.82. The first kappa shape index (κ1) is 18.9. The maximum atomic E-state index is 11.5. The molecule has 0 bridgehead atoms. The minimum atomic E-state index is -0.0214. The fourth-order valence-electron chi connectivity index (χ4n) is 2.95. The number of halogens is 1. The Bertz CT molecular complexity index is 442. The van der Waals surface area contributed by atoms with Crippen LogP contribution >= 0.6 is 12.4 Å². The third-order valence-electron chi connectivity index (χ3n) is 4.36. The van der Waals surface area contributed by atoms with Crippen LogP contribution in [0.2, 0.25) is 0 Å². The van der Waals surface area contributed by atoms with Crippen LogP contribution in [0.4, 0.5) is 0 Å². The van der Waals surface area contributed by atoms with Crippen LogP contribution in [0.25, 0.3) is 0 Å². The highest BCUT2D eigenvalue weighted by Crippen LogP contribution is 2.21. The molecule has 1 amide bonds. The van der Waals surface area contributed by atoms with Gasteiger partial charge in [-0.15, -0.1) is 12.4 Å². The van der Waals surface area contributed by atoms with Crippen molar-refractivity contribution in [3.63, 3.8) is 0 Å². The number of piperidine rings is 1. The topological polar surface area (TPSA) is 44.4 Å². The van der Waals surface area contributed by atoms with Crippen LogP contribution in [0.15, 0.2) is 24.3 Å². The minimum absolute atomic E-state index is 0. The molecule has 4 nitrogen and oxygen atoms in total. The first-order valence-corrected chi connectivity index (χ1v) is 7.91. The molecule has 1 aliphatic rings. The molecule has 0 unspecified atom stereocenters. The molecule has 1 saturated heterocycles. The van der Waals surface area contributed by atoms with E-state index in [1.165, 1.54) is 37.9 Å². The van der Waals surface area contributed by atoms with Gasteiger partial charge in [-0.2, -0.15) is 0 Å². The number of rotatable bonds is 6. The molecule has 0 aliphatic carbocycles. The summed E-state index contributed by atoms with van der Waals surface area (Å²) >= 11 is 0. The summed E-state index contributed by atoms with van der Waals surface area (Å²) in [6.07, 6.45) is 3.90. The molecule has 0 atom stereocenters. The fourth-order valence-corrected chi connectivity index (χ4v) is 2.95. The van der Waals surface area contributed by atoms with Gasteiger partial charge in [-0.1, -0.05) is 12.1 Å². The van der Waals surface area contributed by atoms with Crippen LogP contribution in [-0.4, -0.2) is 44.5 Å². The highest BCUT2D eigenvalue weighted by atomic mass is 35.5. The smallest absolute Gasteiger partial charge is 0.251 e. The zero-order valence-electron chi connectivity index (χ0n) is 13.6. The number of nitrogens with one attached hydrogen (secondary N) is 2. The van der Waals surface area contributed by atoms with E-state index in [1.54, 1.807) is 7.05 Å². The zero-order valence-corrected chi connectivity index (χ0v) is 14.4. The van der Waals surface area contributed by atoms with Crippen LogP contribution in [0.3, 0.4) is 0 Å². The van der Waals surface area contributed by atoms with Crippen LogP contribution in [0, 0.1) is 5.92 Å². The minimum Gasteiger partial charge on any atom is -0.355 e. The second-order valence-electron chi connectivity index (χ2n) is 5.89. The van der Waals surface area contributed by atoms with Crippen molar-refractivity contribution in [2.45, 2.75) is 25.8 Å². The van der Waals surface area contributed by atoms with Gasteiger partial charge in [-0.3, -0.25) is 9.69 Å². The van der Waals surface area contributed by atoms with E-state index in [0.29, 0.717) is 0 Å². The third-order valence-corrected chi connectivity index (χ3v) is 4.36. The highest BCUT2D eigenvalue weighted by Gasteiger charge is 2.18. The third kappa shape index (κ3) is 5.59. The summed E-state index contributed by atoms with van der Waals surface area (Å²) in [6.45, 7) is 4.50. The van der Waals surface area contributed by atoms with Crippen LogP contribution in [0.5, 0.6) is 0 Å². The number of likely N-dealkylation sites (tertiary alicyclic amines) is 1. The summed E-state index contributed by atoms with van der Waals surface area (Å²) in [5.74, 6) is 0.858. The number of hydrogen-bond acceptors (Lipinski definition) is 3. The van der Waals surface area contributed by atoms with Gasteiger partial charge in [0.05, 0.1) is 0 Å². The molecule has 0 aromatic heterocycles. The summed E-state index contributed by atoms with van der Waals surface area (Å²) in [7, 11) is 3.69. The van der Waals surface area contributed by atoms with E-state index in [1.807, 2.05) is 19.2 Å². The van der Waals surface area contributed by atoms with E-state index >= 15 is 0 Å². The Balaban J connectivity index is 0.00000242. The van der Waals surface area contributed by atoms with Crippen molar-refractivity contribution < 1.29 is 4.79 Å². The van der Waals surface area contributed by atoms with Gasteiger partial charge in [-0.25, -0.2) is 0 Å². The van der Waals surface area contributed by atoms with Crippen molar-refractivity contribution in [3.8, 4) is 0 Å². The van der Waals surface area contributed by atoms with E-state index < -0.39 is 0 Å². The maximum Gasteiger partial charge on any atom is 0.251 e. The molecule has 1 aromatic rings. The molecule has 1 aliphatic heterocycles. The lowest BCUT2D eigenvalue weighted by molar-refractivity contribution is 0.0963. The van der Waals surface area contributed by atoms with Crippen molar-refractivity contribution in [2.75, 3.05) is 33.7 Å². The lowest BCUT2D eigenvalue weighted by Crippen LogP contribution is -2.34. The predicted molar refractivity (Wildman–Crippen MR) is 93.6 cm³/mol. The summed E-state index contributed by atoms with van der Waals surface area (Å²) in [4.78, 5) is 14.0. The maximum absolute atomic E-state index is 11.5. The fraction of sp³-hybridized carbons (Fsp3) is 0.588. The molecule has 1 aromatic carbocycles. The first-order chi connectivity index (χ1) is 10.2. The molecule has 0 radical (unpaired) electrons. The SMILES string of the molecule is CNCCC1CCN(Cc2ccc(C(=O)NC)cc2)CC1.Cl. The number of carbonyl (C=O) groups is 1. The van der Waals surface area contributed by atoms with Crippen molar-refractivity contribution in [1.29, 1.82) is 0 Å². The summed E-state index contributed by atoms with van der Waals surface area (Å²) in [6, 6.07) is 7.96. The summed E-state index contributed by atoms with van der Waals surface area (Å²) in [5, 5.41) is 5.89. The van der Waals surface area contributed by atoms with E-state index in [4.69, 9.17) is 0 Å². The van der Waals surface area contributed by atoms with E-state index in [2.05, 4.69) is 27.7 Å². The van der Waals surface area contributed by atoms with E-state index in [-0.39, 0.29) is 18.3 Å². The van der Waals surface area contributed by atoms with Crippen molar-refractivity contribution in [1.82, 2.24) is 15.5 Å².